The largest absolute Gasteiger partial charge is 0.493 e. The minimum Gasteiger partial charge on any atom is -0.493 e. The topological polar surface area (TPSA) is 100 Å². The lowest BCUT2D eigenvalue weighted by molar-refractivity contribution is 0.0607. The van der Waals surface area contributed by atoms with Crippen LogP contribution in [-0.4, -0.2) is 61.3 Å². The molecule has 1 aliphatic carbocycles. The Morgan fingerprint density at radius 2 is 1.73 bits per heavy atom. The summed E-state index contributed by atoms with van der Waals surface area (Å²) in [5.74, 6) is 0.207. The van der Waals surface area contributed by atoms with Gasteiger partial charge in [0.2, 0.25) is 0 Å². The number of aliphatic imine (C=N–C) groups is 1. The van der Waals surface area contributed by atoms with Crippen molar-refractivity contribution in [3.05, 3.63) is 83.2 Å². The van der Waals surface area contributed by atoms with Crippen molar-refractivity contribution < 1.29 is 28.9 Å². The summed E-state index contributed by atoms with van der Waals surface area (Å²) in [6.07, 6.45) is 7.15. The number of amides is 1. The first kappa shape index (κ1) is 34.5. The second kappa shape index (κ2) is 18.0. The van der Waals surface area contributed by atoms with E-state index < -0.39 is 5.60 Å². The number of ether oxygens (including phenoxy) is 2. The average Bonchev–Trinajstić information content (AvgIpc) is 3.85. The van der Waals surface area contributed by atoms with E-state index in [1.807, 2.05) is 46.8 Å². The third-order valence-electron chi connectivity index (χ3n) is 5.97. The first-order valence-corrected chi connectivity index (χ1v) is 13.8. The Morgan fingerprint density at radius 3 is 2.27 bits per heavy atom. The Labute approximate surface area is 238 Å². The van der Waals surface area contributed by atoms with E-state index in [-0.39, 0.29) is 37.4 Å². The van der Waals surface area contributed by atoms with Crippen LogP contribution in [0.5, 0.6) is 11.5 Å². The number of aliphatic hydroxyl groups is 2. The van der Waals surface area contributed by atoms with Gasteiger partial charge in [0.05, 0.1) is 26.0 Å². The van der Waals surface area contributed by atoms with E-state index in [2.05, 4.69) is 10.3 Å². The van der Waals surface area contributed by atoms with E-state index >= 15 is 0 Å². The van der Waals surface area contributed by atoms with Gasteiger partial charge in [-0.05, 0) is 85.4 Å². The number of aliphatic hydroxyl groups excluding tert-OH is 1. The highest BCUT2D eigenvalue weighted by Crippen LogP contribution is 2.40. The molecule has 1 unspecified atom stereocenters. The summed E-state index contributed by atoms with van der Waals surface area (Å²) >= 11 is 0. The van der Waals surface area contributed by atoms with E-state index in [1.165, 1.54) is 19.2 Å². The van der Waals surface area contributed by atoms with E-state index in [9.17, 15) is 14.3 Å². The minimum absolute atomic E-state index is 0.0536. The van der Waals surface area contributed by atoms with Gasteiger partial charge in [0.25, 0.3) is 5.91 Å². The summed E-state index contributed by atoms with van der Waals surface area (Å²) in [6, 6.07) is 10.9. The summed E-state index contributed by atoms with van der Waals surface area (Å²) in [5, 5.41) is 23.1. The molecule has 2 aromatic rings. The van der Waals surface area contributed by atoms with Crippen molar-refractivity contribution in [2.75, 3.05) is 33.9 Å². The number of carbonyl (C=O) groups is 1. The molecule has 40 heavy (non-hydrogen) atoms. The number of nitrogens with one attached hydrogen (secondary N) is 1. The van der Waals surface area contributed by atoms with Crippen molar-refractivity contribution >= 4 is 11.6 Å². The number of benzene rings is 2. The van der Waals surface area contributed by atoms with Crippen LogP contribution in [0.25, 0.3) is 0 Å². The highest BCUT2D eigenvalue weighted by Gasteiger charge is 2.42. The van der Waals surface area contributed by atoms with Gasteiger partial charge in [-0.1, -0.05) is 39.8 Å². The number of rotatable bonds is 12. The lowest BCUT2D eigenvalue weighted by atomic mass is 9.95. The molecule has 0 radical (unpaired) electrons. The van der Waals surface area contributed by atoms with Crippen molar-refractivity contribution in [2.24, 2.45) is 10.9 Å². The van der Waals surface area contributed by atoms with Gasteiger partial charge in [-0.2, -0.15) is 0 Å². The highest BCUT2D eigenvalue weighted by molar-refractivity contribution is 6.09. The van der Waals surface area contributed by atoms with Crippen LogP contribution in [0.3, 0.4) is 0 Å². The zero-order valence-corrected chi connectivity index (χ0v) is 24.8. The number of carbonyl (C=O) groups excluding carboxylic acids is 1. The molecule has 3 rings (SSSR count). The molecule has 1 aliphatic rings. The quantitative estimate of drug-likeness (QED) is 0.228. The Kier molecular flexibility index (Phi) is 15.5. The second-order valence-electron chi connectivity index (χ2n) is 8.72. The molecule has 0 saturated heterocycles. The predicted octanol–water partition coefficient (Wildman–Crippen LogP) is 5.75. The summed E-state index contributed by atoms with van der Waals surface area (Å²) in [5.41, 5.74) is 1.51. The van der Waals surface area contributed by atoms with E-state index in [4.69, 9.17) is 14.6 Å². The van der Waals surface area contributed by atoms with Crippen molar-refractivity contribution in [2.45, 2.75) is 53.1 Å². The zero-order valence-electron chi connectivity index (χ0n) is 24.8. The van der Waals surface area contributed by atoms with Crippen molar-refractivity contribution in [1.82, 2.24) is 5.32 Å². The molecule has 0 aromatic heterocycles. The Morgan fingerprint density at radius 1 is 1.10 bits per heavy atom. The maximum atomic E-state index is 13.2. The van der Waals surface area contributed by atoms with Gasteiger partial charge in [0.15, 0.2) is 11.5 Å². The molecule has 1 saturated carbocycles. The molecule has 0 spiro atoms. The van der Waals surface area contributed by atoms with Crippen LogP contribution in [0.2, 0.25) is 0 Å². The molecule has 0 aliphatic heterocycles. The second-order valence-corrected chi connectivity index (χ2v) is 8.72. The van der Waals surface area contributed by atoms with Gasteiger partial charge >= 0.3 is 0 Å². The van der Waals surface area contributed by atoms with Crippen molar-refractivity contribution in [1.29, 1.82) is 0 Å². The van der Waals surface area contributed by atoms with Crippen LogP contribution in [0.15, 0.2) is 71.3 Å². The smallest absolute Gasteiger partial charge is 0.251 e. The van der Waals surface area contributed by atoms with Crippen LogP contribution >= 0.6 is 0 Å². The molecular formula is C32H45FN2O5. The fourth-order valence-electron chi connectivity index (χ4n) is 3.77. The minimum atomic E-state index is -1.20. The molecular weight excluding hydrogens is 511 g/mol. The Bertz CT molecular complexity index is 1140. The van der Waals surface area contributed by atoms with Gasteiger partial charge in [0, 0.05) is 12.6 Å². The molecule has 3 N–H and O–H groups in total. The zero-order chi connectivity index (χ0) is 30.1. The number of hydrogen-bond acceptors (Lipinski definition) is 6. The van der Waals surface area contributed by atoms with E-state index in [1.54, 1.807) is 43.5 Å². The number of allylic oxidation sites excluding steroid dienone is 3. The van der Waals surface area contributed by atoms with Crippen LogP contribution in [0.4, 0.5) is 4.39 Å². The van der Waals surface area contributed by atoms with Crippen molar-refractivity contribution in [3.8, 4) is 11.5 Å². The fourth-order valence-corrected chi connectivity index (χ4v) is 3.77. The predicted molar refractivity (Wildman–Crippen MR) is 160 cm³/mol. The Balaban J connectivity index is 0.00000191. The third kappa shape index (κ3) is 10.6. The first-order valence-electron chi connectivity index (χ1n) is 13.8. The molecule has 2 aromatic carbocycles. The maximum absolute atomic E-state index is 13.2. The summed E-state index contributed by atoms with van der Waals surface area (Å²) in [4.78, 5) is 17.1. The highest BCUT2D eigenvalue weighted by atomic mass is 19.1. The number of nitrogens with zero attached hydrogens (tertiary/aromatic N) is 1. The molecule has 7 nitrogen and oxygen atoms in total. The van der Waals surface area contributed by atoms with Crippen LogP contribution in [0.1, 0.15) is 63.4 Å². The number of hydrogen-bond donors (Lipinski definition) is 3. The molecule has 1 fully saturated rings. The average molecular weight is 557 g/mol. The molecule has 0 heterocycles. The monoisotopic (exact) mass is 556 g/mol. The van der Waals surface area contributed by atoms with Gasteiger partial charge in [-0.25, -0.2) is 4.39 Å². The lowest BCUT2D eigenvalue weighted by Crippen LogP contribution is -2.43. The van der Waals surface area contributed by atoms with Gasteiger partial charge < -0.3 is 25.0 Å². The van der Waals surface area contributed by atoms with E-state index in [0.29, 0.717) is 22.8 Å². The van der Waals surface area contributed by atoms with Crippen LogP contribution < -0.4 is 14.8 Å². The summed E-state index contributed by atoms with van der Waals surface area (Å²) < 4.78 is 23.9. The molecule has 0 bridgehead atoms. The summed E-state index contributed by atoms with van der Waals surface area (Å²) in [6.45, 7) is 9.93. The molecule has 8 heteroatoms. The van der Waals surface area contributed by atoms with E-state index in [0.717, 1.165) is 24.0 Å². The lowest BCUT2D eigenvalue weighted by Gasteiger charge is -2.25. The van der Waals surface area contributed by atoms with Gasteiger partial charge in [-0.3, -0.25) is 9.79 Å². The number of halogens is 1. The first-order chi connectivity index (χ1) is 19.3. The molecule has 220 valence electrons. The number of methoxy groups -OCH3 is 1. The maximum Gasteiger partial charge on any atom is 0.251 e. The van der Waals surface area contributed by atoms with Crippen LogP contribution in [-0.2, 0) is 0 Å². The Hall–Kier alpha value is -3.49. The fraction of sp³-hybridized carbons (Fsp3) is 0.438. The van der Waals surface area contributed by atoms with Crippen LogP contribution in [0, 0.1) is 11.7 Å². The van der Waals surface area contributed by atoms with Crippen molar-refractivity contribution in [3.63, 3.8) is 0 Å². The van der Waals surface area contributed by atoms with Gasteiger partial charge in [-0.15, -0.1) is 0 Å². The summed E-state index contributed by atoms with van der Waals surface area (Å²) in [7, 11) is 3.14. The molecule has 1 atom stereocenters. The normalized spacial score (nSPS) is 14.8. The van der Waals surface area contributed by atoms with Gasteiger partial charge in [0.1, 0.15) is 18.0 Å². The molecule has 1 amide bonds. The SMILES string of the molecule is CC.CC.CN=C(/C=C(C)\C=C\C(O)(CNC(=O)c1ccc(OCCO)c(OC)c1)C1CC1)c1ccc(F)cc1. The standard InChI is InChI=1S/C28H33FN2O5.2C2H6/c1-19(16-24(30-2)20-4-9-23(29)10-5-20)12-13-28(34,22-7-8-22)18-31-27(33)21-6-11-25(36-15-14-32)26(17-21)35-3;2*1-2/h4-6,9-13,16-17,22,32,34H,7-8,14-15,18H2,1-3H3,(H,31,33);2*1-2H3/b13-12+,19-16-,30-24?;;. The third-order valence-corrected chi connectivity index (χ3v) is 5.97.